The first kappa shape index (κ1) is 11.2. The van der Waals surface area contributed by atoms with Crippen molar-refractivity contribution in [1.29, 1.82) is 0 Å². The molecule has 0 amide bonds. The van der Waals surface area contributed by atoms with Crippen molar-refractivity contribution in [2.24, 2.45) is 12.5 Å². The van der Waals surface area contributed by atoms with Gasteiger partial charge in [0.2, 0.25) is 0 Å². The van der Waals surface area contributed by atoms with E-state index in [-0.39, 0.29) is 0 Å². The Kier molecular flexibility index (Phi) is 3.32. The van der Waals surface area contributed by atoms with Crippen LogP contribution < -0.4 is 5.32 Å². The fourth-order valence-electron chi connectivity index (χ4n) is 1.12. The molecule has 1 N–H and O–H groups in total. The third kappa shape index (κ3) is 2.84. The van der Waals surface area contributed by atoms with Gasteiger partial charge in [-0.05, 0) is 12.3 Å². The highest BCUT2D eigenvalue weighted by molar-refractivity contribution is 4.91. The summed E-state index contributed by atoms with van der Waals surface area (Å²) in [5, 5.41) is 3.48. The molecule has 1 unspecified atom stereocenters. The Balaban J connectivity index is 2.46. The van der Waals surface area contributed by atoms with Gasteiger partial charge in [-0.3, -0.25) is 0 Å². The Morgan fingerprint density at radius 1 is 1.50 bits per heavy atom. The first-order valence-electron chi connectivity index (χ1n) is 5.11. The fourth-order valence-corrected chi connectivity index (χ4v) is 1.12. The van der Waals surface area contributed by atoms with Crippen LogP contribution in [-0.2, 0) is 13.6 Å². The van der Waals surface area contributed by atoms with Crippen molar-refractivity contribution in [2.45, 2.75) is 40.3 Å². The zero-order valence-electron chi connectivity index (χ0n) is 9.83. The van der Waals surface area contributed by atoms with Crippen LogP contribution in [0.25, 0.3) is 0 Å². The van der Waals surface area contributed by atoms with Crippen LogP contribution in [-0.4, -0.2) is 15.6 Å². The van der Waals surface area contributed by atoms with Gasteiger partial charge in [0, 0.05) is 25.5 Å². The van der Waals surface area contributed by atoms with E-state index in [9.17, 15) is 0 Å². The van der Waals surface area contributed by atoms with Gasteiger partial charge < -0.3 is 9.88 Å². The molecule has 0 saturated heterocycles. The number of imidazole rings is 1. The Morgan fingerprint density at radius 3 is 2.57 bits per heavy atom. The Hall–Kier alpha value is -0.830. The molecule has 1 aromatic rings. The quantitative estimate of drug-likeness (QED) is 0.799. The topological polar surface area (TPSA) is 29.9 Å². The molecule has 0 radical (unpaired) electrons. The van der Waals surface area contributed by atoms with E-state index >= 15 is 0 Å². The summed E-state index contributed by atoms with van der Waals surface area (Å²) in [6, 6.07) is 0.485. The van der Waals surface area contributed by atoms with Gasteiger partial charge >= 0.3 is 0 Å². The second kappa shape index (κ2) is 4.13. The van der Waals surface area contributed by atoms with Crippen LogP contribution in [0.4, 0.5) is 0 Å². The molecule has 0 bridgehead atoms. The lowest BCUT2D eigenvalue weighted by Crippen LogP contribution is -2.37. The second-order valence-electron chi connectivity index (χ2n) is 4.92. The van der Waals surface area contributed by atoms with E-state index in [1.54, 1.807) is 0 Å². The number of rotatable bonds is 3. The highest BCUT2D eigenvalue weighted by Crippen LogP contribution is 2.18. The van der Waals surface area contributed by atoms with Crippen molar-refractivity contribution in [3.63, 3.8) is 0 Å². The zero-order valence-corrected chi connectivity index (χ0v) is 9.83. The van der Waals surface area contributed by atoms with Crippen molar-refractivity contribution >= 4 is 0 Å². The van der Waals surface area contributed by atoms with Crippen LogP contribution in [0.3, 0.4) is 0 Å². The molecular weight excluding hydrogens is 174 g/mol. The van der Waals surface area contributed by atoms with E-state index in [4.69, 9.17) is 0 Å². The largest absolute Gasteiger partial charge is 0.337 e. The molecular formula is C11H21N3. The molecule has 80 valence electrons. The lowest BCUT2D eigenvalue weighted by molar-refractivity contribution is 0.282. The van der Waals surface area contributed by atoms with E-state index in [2.05, 4.69) is 38.0 Å². The molecule has 14 heavy (non-hydrogen) atoms. The maximum absolute atomic E-state index is 4.27. The minimum atomic E-state index is 0.297. The van der Waals surface area contributed by atoms with Gasteiger partial charge in [-0.25, -0.2) is 4.98 Å². The number of nitrogens with zero attached hydrogens (tertiary/aromatic N) is 2. The van der Waals surface area contributed by atoms with Crippen LogP contribution >= 0.6 is 0 Å². The first-order chi connectivity index (χ1) is 6.41. The highest BCUT2D eigenvalue weighted by Gasteiger charge is 2.19. The van der Waals surface area contributed by atoms with Crippen LogP contribution in [0, 0.1) is 5.41 Å². The zero-order chi connectivity index (χ0) is 10.8. The van der Waals surface area contributed by atoms with Gasteiger partial charge in [0.05, 0.1) is 6.54 Å². The lowest BCUT2D eigenvalue weighted by atomic mass is 9.88. The van der Waals surface area contributed by atoms with Gasteiger partial charge in [-0.2, -0.15) is 0 Å². The minimum absolute atomic E-state index is 0.297. The summed E-state index contributed by atoms with van der Waals surface area (Å²) in [7, 11) is 2.02. The molecule has 3 nitrogen and oxygen atoms in total. The molecule has 0 fully saturated rings. The molecule has 0 spiro atoms. The summed E-state index contributed by atoms with van der Waals surface area (Å²) in [6.45, 7) is 9.76. The van der Waals surface area contributed by atoms with E-state index in [1.807, 2.05) is 24.0 Å². The average molecular weight is 195 g/mol. The van der Waals surface area contributed by atoms with Gasteiger partial charge in [-0.1, -0.05) is 20.8 Å². The fraction of sp³-hybridized carbons (Fsp3) is 0.727. The molecule has 0 aliphatic heterocycles. The first-order valence-corrected chi connectivity index (χ1v) is 5.11. The standard InChI is InChI=1S/C11H21N3/c1-9(11(2,3)4)13-8-10-12-6-7-14(10)5/h6-7,9,13H,8H2,1-5H3. The molecule has 0 saturated carbocycles. The second-order valence-corrected chi connectivity index (χ2v) is 4.92. The summed E-state index contributed by atoms with van der Waals surface area (Å²) >= 11 is 0. The van der Waals surface area contributed by atoms with Gasteiger partial charge in [0.1, 0.15) is 5.82 Å². The van der Waals surface area contributed by atoms with E-state index in [0.29, 0.717) is 11.5 Å². The minimum Gasteiger partial charge on any atom is -0.337 e. The number of hydrogen-bond donors (Lipinski definition) is 1. The summed E-state index contributed by atoms with van der Waals surface area (Å²) in [6.07, 6.45) is 3.80. The average Bonchev–Trinajstić information content (AvgIpc) is 2.45. The van der Waals surface area contributed by atoms with Crippen molar-refractivity contribution in [3.05, 3.63) is 18.2 Å². The number of hydrogen-bond acceptors (Lipinski definition) is 2. The number of nitrogens with one attached hydrogen (secondary N) is 1. The SMILES string of the molecule is CC(NCc1nccn1C)C(C)(C)C. The maximum atomic E-state index is 4.27. The summed E-state index contributed by atoms with van der Waals surface area (Å²) < 4.78 is 2.04. The molecule has 1 rings (SSSR count). The molecule has 0 aliphatic carbocycles. The third-order valence-electron chi connectivity index (χ3n) is 2.79. The van der Waals surface area contributed by atoms with Gasteiger partial charge in [-0.15, -0.1) is 0 Å². The summed E-state index contributed by atoms with van der Waals surface area (Å²) in [5.74, 6) is 1.08. The molecule has 0 aromatic carbocycles. The Bertz CT molecular complexity index is 283. The summed E-state index contributed by atoms with van der Waals surface area (Å²) in [5.41, 5.74) is 0.297. The molecule has 1 aromatic heterocycles. The van der Waals surface area contributed by atoms with Crippen molar-refractivity contribution in [3.8, 4) is 0 Å². The Morgan fingerprint density at radius 2 is 2.14 bits per heavy atom. The Labute approximate surface area is 86.5 Å². The monoisotopic (exact) mass is 195 g/mol. The molecule has 3 heteroatoms. The van der Waals surface area contributed by atoms with E-state index in [1.165, 1.54) is 0 Å². The van der Waals surface area contributed by atoms with Gasteiger partial charge in [0.15, 0.2) is 0 Å². The molecule has 0 aliphatic rings. The smallest absolute Gasteiger partial charge is 0.122 e. The summed E-state index contributed by atoms with van der Waals surface area (Å²) in [4.78, 5) is 4.27. The lowest BCUT2D eigenvalue weighted by Gasteiger charge is -2.28. The van der Waals surface area contributed by atoms with Gasteiger partial charge in [0.25, 0.3) is 0 Å². The predicted molar refractivity (Wildman–Crippen MR) is 59.0 cm³/mol. The number of aryl methyl sites for hydroxylation is 1. The van der Waals surface area contributed by atoms with Crippen LogP contribution in [0.1, 0.15) is 33.5 Å². The molecule has 1 atom stereocenters. The third-order valence-corrected chi connectivity index (χ3v) is 2.79. The highest BCUT2D eigenvalue weighted by atomic mass is 15.1. The van der Waals surface area contributed by atoms with Crippen LogP contribution in [0.15, 0.2) is 12.4 Å². The van der Waals surface area contributed by atoms with Crippen LogP contribution in [0.2, 0.25) is 0 Å². The van der Waals surface area contributed by atoms with Crippen molar-refractivity contribution in [1.82, 2.24) is 14.9 Å². The maximum Gasteiger partial charge on any atom is 0.122 e. The van der Waals surface area contributed by atoms with E-state index in [0.717, 1.165) is 12.4 Å². The number of aromatic nitrogens is 2. The molecule has 1 heterocycles. The van der Waals surface area contributed by atoms with Crippen molar-refractivity contribution < 1.29 is 0 Å². The van der Waals surface area contributed by atoms with Crippen molar-refractivity contribution in [2.75, 3.05) is 0 Å². The predicted octanol–water partition coefficient (Wildman–Crippen LogP) is 1.94. The normalized spacial score (nSPS) is 14.4. The van der Waals surface area contributed by atoms with E-state index < -0.39 is 0 Å². The van der Waals surface area contributed by atoms with Crippen LogP contribution in [0.5, 0.6) is 0 Å².